The van der Waals surface area contributed by atoms with Gasteiger partial charge in [0.25, 0.3) is 0 Å². The fourth-order valence-electron chi connectivity index (χ4n) is 2.46. The maximum Gasteiger partial charge on any atom is 0.240 e. The average molecular weight is 303 g/mol. The molecule has 1 unspecified atom stereocenters. The van der Waals surface area contributed by atoms with E-state index >= 15 is 0 Å². The quantitative estimate of drug-likeness (QED) is 0.898. The van der Waals surface area contributed by atoms with Gasteiger partial charge in [-0.3, -0.25) is 4.79 Å². The van der Waals surface area contributed by atoms with Gasteiger partial charge in [-0.05, 0) is 43.5 Å². The highest BCUT2D eigenvalue weighted by Gasteiger charge is 2.38. The van der Waals surface area contributed by atoms with E-state index in [0.29, 0.717) is 11.6 Å². The topological polar surface area (TPSA) is 41.1 Å². The van der Waals surface area contributed by atoms with E-state index in [1.54, 1.807) is 0 Å². The Balaban J connectivity index is 0.00000180. The van der Waals surface area contributed by atoms with E-state index in [2.05, 4.69) is 17.6 Å². The third-order valence-corrected chi connectivity index (χ3v) is 3.86. The highest BCUT2D eigenvalue weighted by Crippen LogP contribution is 2.23. The van der Waals surface area contributed by atoms with Crippen LogP contribution in [0.1, 0.15) is 31.7 Å². The molecule has 1 saturated heterocycles. The molecule has 0 radical (unpaired) electrons. The number of amides is 1. The third kappa shape index (κ3) is 3.85. The van der Waals surface area contributed by atoms with Crippen molar-refractivity contribution in [3.63, 3.8) is 0 Å². The molecule has 0 spiro atoms. The first-order chi connectivity index (χ1) is 8.66. The van der Waals surface area contributed by atoms with E-state index in [-0.39, 0.29) is 23.9 Å². The summed E-state index contributed by atoms with van der Waals surface area (Å²) in [6, 6.07) is 7.57. The molecule has 2 N–H and O–H groups in total. The largest absolute Gasteiger partial charge is 0.350 e. The van der Waals surface area contributed by atoms with Crippen molar-refractivity contribution < 1.29 is 4.79 Å². The van der Waals surface area contributed by atoms with Gasteiger partial charge < -0.3 is 10.6 Å². The van der Waals surface area contributed by atoms with Gasteiger partial charge in [-0.25, -0.2) is 0 Å². The van der Waals surface area contributed by atoms with Crippen molar-refractivity contribution in [3.05, 3.63) is 34.9 Å². The second kappa shape index (κ2) is 7.13. The van der Waals surface area contributed by atoms with Crippen LogP contribution in [0.2, 0.25) is 5.02 Å². The number of benzene rings is 1. The molecule has 0 aliphatic carbocycles. The highest BCUT2D eigenvalue weighted by molar-refractivity contribution is 6.30. The zero-order chi connectivity index (χ0) is 13.0. The van der Waals surface area contributed by atoms with Gasteiger partial charge in [0.15, 0.2) is 0 Å². The fourth-order valence-corrected chi connectivity index (χ4v) is 2.67. The first kappa shape index (κ1) is 16.3. The molecule has 0 bridgehead atoms. The summed E-state index contributed by atoms with van der Waals surface area (Å²) in [4.78, 5) is 12.2. The molecule has 3 nitrogen and oxygen atoms in total. The lowest BCUT2D eigenvalue weighted by atomic mass is 9.93. The van der Waals surface area contributed by atoms with Crippen LogP contribution < -0.4 is 10.6 Å². The fraction of sp³-hybridized carbons (Fsp3) is 0.500. The molecular formula is C14H20Cl2N2O. The van der Waals surface area contributed by atoms with Gasteiger partial charge in [0.2, 0.25) is 5.91 Å². The third-order valence-electron chi connectivity index (χ3n) is 3.62. The maximum atomic E-state index is 12.2. The second-order valence-electron chi connectivity index (χ2n) is 4.78. The summed E-state index contributed by atoms with van der Waals surface area (Å²) >= 11 is 5.92. The molecule has 0 saturated carbocycles. The number of carbonyl (C=O) groups is 1. The summed E-state index contributed by atoms with van der Waals surface area (Å²) in [5, 5.41) is 7.03. The minimum atomic E-state index is -0.363. The summed E-state index contributed by atoms with van der Waals surface area (Å²) in [7, 11) is 0. The van der Waals surface area contributed by atoms with Crippen LogP contribution in [0.5, 0.6) is 0 Å². The minimum Gasteiger partial charge on any atom is -0.350 e. The number of halogens is 2. The Hall–Kier alpha value is -0.770. The number of nitrogens with one attached hydrogen (secondary N) is 2. The van der Waals surface area contributed by atoms with Crippen LogP contribution in [-0.2, 0) is 11.3 Å². The van der Waals surface area contributed by atoms with E-state index in [9.17, 15) is 4.79 Å². The Morgan fingerprint density at radius 2 is 2.32 bits per heavy atom. The molecule has 1 amide bonds. The van der Waals surface area contributed by atoms with Crippen molar-refractivity contribution in [1.82, 2.24) is 10.6 Å². The van der Waals surface area contributed by atoms with Crippen LogP contribution in [0.4, 0.5) is 0 Å². The van der Waals surface area contributed by atoms with Crippen LogP contribution in [0, 0.1) is 0 Å². The first-order valence-electron chi connectivity index (χ1n) is 6.44. The molecule has 19 heavy (non-hydrogen) atoms. The van der Waals surface area contributed by atoms with Gasteiger partial charge in [0.05, 0.1) is 5.54 Å². The molecule has 2 rings (SSSR count). The van der Waals surface area contributed by atoms with Gasteiger partial charge in [0, 0.05) is 11.6 Å². The maximum absolute atomic E-state index is 12.2. The summed E-state index contributed by atoms with van der Waals surface area (Å²) in [5.74, 6) is 0.0995. The molecule has 0 aromatic heterocycles. The summed E-state index contributed by atoms with van der Waals surface area (Å²) in [6.07, 6.45) is 2.82. The molecule has 106 valence electrons. The van der Waals surface area contributed by atoms with E-state index in [1.165, 1.54) is 0 Å². The Morgan fingerprint density at radius 1 is 1.53 bits per heavy atom. The standard InChI is InChI=1S/C14H19ClN2O.ClH/c1-2-14(7-4-8-17-14)13(18)16-10-11-5-3-6-12(15)9-11;/h3,5-6,9,17H,2,4,7-8,10H2,1H3,(H,16,18);1H. The number of carbonyl (C=O) groups excluding carboxylic acids is 1. The highest BCUT2D eigenvalue weighted by atomic mass is 35.5. The number of rotatable bonds is 4. The molecule has 1 aromatic carbocycles. The lowest BCUT2D eigenvalue weighted by Gasteiger charge is -2.26. The van der Waals surface area contributed by atoms with Crippen molar-refractivity contribution in [2.24, 2.45) is 0 Å². The van der Waals surface area contributed by atoms with Gasteiger partial charge in [-0.15, -0.1) is 12.4 Å². The van der Waals surface area contributed by atoms with Crippen molar-refractivity contribution in [3.8, 4) is 0 Å². The van der Waals surface area contributed by atoms with Crippen molar-refractivity contribution in [2.75, 3.05) is 6.54 Å². The van der Waals surface area contributed by atoms with Gasteiger partial charge in [0.1, 0.15) is 0 Å². The SMILES string of the molecule is CCC1(C(=O)NCc2cccc(Cl)c2)CCCN1.Cl. The van der Waals surface area contributed by atoms with Gasteiger partial charge >= 0.3 is 0 Å². The lowest BCUT2D eigenvalue weighted by Crippen LogP contribution is -2.52. The monoisotopic (exact) mass is 302 g/mol. The zero-order valence-electron chi connectivity index (χ0n) is 11.0. The predicted molar refractivity (Wildman–Crippen MR) is 80.8 cm³/mol. The molecule has 1 fully saturated rings. The summed E-state index contributed by atoms with van der Waals surface area (Å²) in [6.45, 7) is 3.51. The normalized spacial score (nSPS) is 21.8. The zero-order valence-corrected chi connectivity index (χ0v) is 12.6. The Morgan fingerprint density at radius 3 is 2.89 bits per heavy atom. The van der Waals surface area contributed by atoms with Crippen molar-refractivity contribution in [2.45, 2.75) is 38.3 Å². The lowest BCUT2D eigenvalue weighted by molar-refractivity contribution is -0.127. The Kier molecular flexibility index (Phi) is 6.11. The number of hydrogen-bond donors (Lipinski definition) is 2. The molecule has 5 heteroatoms. The Bertz CT molecular complexity index is 431. The van der Waals surface area contributed by atoms with Gasteiger partial charge in [-0.1, -0.05) is 30.7 Å². The van der Waals surface area contributed by atoms with Crippen molar-refractivity contribution in [1.29, 1.82) is 0 Å². The Labute approximate surface area is 125 Å². The van der Waals surface area contributed by atoms with Crippen LogP contribution in [0.25, 0.3) is 0 Å². The molecular weight excluding hydrogens is 283 g/mol. The van der Waals surface area contributed by atoms with E-state index in [4.69, 9.17) is 11.6 Å². The van der Waals surface area contributed by atoms with E-state index in [0.717, 1.165) is 31.4 Å². The molecule has 1 aliphatic rings. The first-order valence-corrected chi connectivity index (χ1v) is 6.82. The summed E-state index contributed by atoms with van der Waals surface area (Å²) in [5.41, 5.74) is 0.665. The summed E-state index contributed by atoms with van der Waals surface area (Å²) < 4.78 is 0. The number of hydrogen-bond acceptors (Lipinski definition) is 2. The smallest absolute Gasteiger partial charge is 0.240 e. The molecule has 1 aliphatic heterocycles. The predicted octanol–water partition coefficient (Wildman–Crippen LogP) is 2.91. The van der Waals surface area contributed by atoms with E-state index in [1.807, 2.05) is 24.3 Å². The minimum absolute atomic E-state index is 0. The average Bonchev–Trinajstić information content (AvgIpc) is 2.86. The van der Waals surface area contributed by atoms with Crippen molar-refractivity contribution >= 4 is 29.9 Å². The van der Waals surface area contributed by atoms with Crippen LogP contribution in [0.3, 0.4) is 0 Å². The van der Waals surface area contributed by atoms with Crippen LogP contribution in [-0.4, -0.2) is 18.0 Å². The molecule has 1 atom stereocenters. The second-order valence-corrected chi connectivity index (χ2v) is 5.22. The van der Waals surface area contributed by atoms with E-state index < -0.39 is 0 Å². The molecule has 1 heterocycles. The molecule has 1 aromatic rings. The van der Waals surface area contributed by atoms with Crippen LogP contribution >= 0.6 is 24.0 Å². The van der Waals surface area contributed by atoms with Gasteiger partial charge in [-0.2, -0.15) is 0 Å². The van der Waals surface area contributed by atoms with Crippen LogP contribution in [0.15, 0.2) is 24.3 Å².